The molecule has 1 aliphatic rings. The van der Waals surface area contributed by atoms with Crippen molar-refractivity contribution in [1.82, 2.24) is 4.90 Å². The first kappa shape index (κ1) is 11.2. The van der Waals surface area contributed by atoms with Crippen molar-refractivity contribution < 1.29 is 14.3 Å². The minimum absolute atomic E-state index is 0.239. The third-order valence-corrected chi connectivity index (χ3v) is 2.55. The molecule has 1 unspecified atom stereocenters. The number of carbonyl (C=O) groups is 2. The molecule has 80 valence electrons. The second kappa shape index (κ2) is 4.55. The van der Waals surface area contributed by atoms with Crippen molar-refractivity contribution in [3.8, 4) is 0 Å². The molecular formula is C10H17NO3. The largest absolute Gasteiger partial charge is 0.391 e. The van der Waals surface area contributed by atoms with E-state index in [1.165, 1.54) is 0 Å². The van der Waals surface area contributed by atoms with Crippen LogP contribution in [-0.4, -0.2) is 36.0 Å². The number of ether oxygens (including phenoxy) is 1. The van der Waals surface area contributed by atoms with E-state index in [1.807, 2.05) is 4.90 Å². The number of rotatable bonds is 3. The first-order valence-corrected chi connectivity index (χ1v) is 5.02. The summed E-state index contributed by atoms with van der Waals surface area (Å²) in [7, 11) is 0. The van der Waals surface area contributed by atoms with Gasteiger partial charge in [0.25, 0.3) is 0 Å². The molecule has 1 aliphatic heterocycles. The first-order chi connectivity index (χ1) is 6.54. The second-order valence-corrected chi connectivity index (χ2v) is 3.97. The van der Waals surface area contributed by atoms with Crippen molar-refractivity contribution in [3.05, 3.63) is 0 Å². The highest BCUT2D eigenvalue weighted by molar-refractivity contribution is 5.90. The second-order valence-electron chi connectivity index (χ2n) is 3.97. The summed E-state index contributed by atoms with van der Waals surface area (Å²) in [5.74, 6) is -0.417. The topological polar surface area (TPSA) is 46.6 Å². The third kappa shape index (κ3) is 2.54. The van der Waals surface area contributed by atoms with Crippen molar-refractivity contribution in [2.75, 3.05) is 13.1 Å². The highest BCUT2D eigenvalue weighted by Gasteiger charge is 2.30. The lowest BCUT2D eigenvalue weighted by molar-refractivity contribution is -0.168. The molecule has 0 bridgehead atoms. The molecular weight excluding hydrogens is 182 g/mol. The van der Waals surface area contributed by atoms with Crippen LogP contribution in [0.4, 0.5) is 0 Å². The zero-order valence-electron chi connectivity index (χ0n) is 8.95. The summed E-state index contributed by atoms with van der Waals surface area (Å²) in [6, 6.07) is 0.284. The van der Waals surface area contributed by atoms with Gasteiger partial charge >= 0.3 is 11.9 Å². The lowest BCUT2D eigenvalue weighted by Gasteiger charge is -2.34. The Balaban J connectivity index is 2.65. The molecule has 0 aromatic carbocycles. The quantitative estimate of drug-likeness (QED) is 0.498. The fourth-order valence-corrected chi connectivity index (χ4v) is 1.96. The average Bonchev–Trinajstić information content (AvgIpc) is 2.02. The molecule has 0 N–H and O–H groups in total. The van der Waals surface area contributed by atoms with Crippen molar-refractivity contribution in [2.45, 2.75) is 33.2 Å². The summed E-state index contributed by atoms with van der Waals surface area (Å²) in [5.41, 5.74) is 0. The summed E-state index contributed by atoms with van der Waals surface area (Å²) >= 11 is 0. The Hall–Kier alpha value is -0.900. The van der Waals surface area contributed by atoms with E-state index in [9.17, 15) is 9.59 Å². The Morgan fingerprint density at radius 1 is 1.29 bits per heavy atom. The SMILES string of the molecule is CCC(C(C)C)N1CC(=O)OC(=O)C1. The fraction of sp³-hybridized carbons (Fsp3) is 0.800. The number of carbonyl (C=O) groups excluding carboxylic acids is 2. The number of esters is 2. The molecule has 1 rings (SSSR count). The molecule has 4 nitrogen and oxygen atoms in total. The van der Waals surface area contributed by atoms with E-state index < -0.39 is 11.9 Å². The van der Waals surface area contributed by atoms with Crippen LogP contribution in [0.25, 0.3) is 0 Å². The summed E-state index contributed by atoms with van der Waals surface area (Å²) in [4.78, 5) is 24.0. The molecule has 0 aromatic rings. The molecule has 0 aromatic heterocycles. The number of nitrogens with zero attached hydrogens (tertiary/aromatic N) is 1. The van der Waals surface area contributed by atoms with Gasteiger partial charge in [-0.2, -0.15) is 0 Å². The van der Waals surface area contributed by atoms with Gasteiger partial charge in [0, 0.05) is 6.04 Å². The van der Waals surface area contributed by atoms with E-state index in [0.717, 1.165) is 6.42 Å². The van der Waals surface area contributed by atoms with Crippen LogP contribution >= 0.6 is 0 Å². The van der Waals surface area contributed by atoms with Gasteiger partial charge in [0.15, 0.2) is 0 Å². The summed E-state index contributed by atoms with van der Waals surface area (Å²) in [6.07, 6.45) is 0.943. The maximum Gasteiger partial charge on any atom is 0.327 e. The van der Waals surface area contributed by atoms with Crippen molar-refractivity contribution in [3.63, 3.8) is 0 Å². The normalized spacial score (nSPS) is 21.1. The summed E-state index contributed by atoms with van der Waals surface area (Å²) in [6.45, 7) is 6.73. The summed E-state index contributed by atoms with van der Waals surface area (Å²) in [5, 5.41) is 0. The first-order valence-electron chi connectivity index (χ1n) is 5.02. The Morgan fingerprint density at radius 2 is 1.79 bits per heavy atom. The number of morpholine rings is 1. The van der Waals surface area contributed by atoms with E-state index in [2.05, 4.69) is 25.5 Å². The Kier molecular flexibility index (Phi) is 3.63. The van der Waals surface area contributed by atoms with Crippen LogP contribution in [0, 0.1) is 5.92 Å². The van der Waals surface area contributed by atoms with Gasteiger partial charge in [-0.3, -0.25) is 14.5 Å². The maximum atomic E-state index is 11.0. The molecule has 4 heteroatoms. The molecule has 0 saturated carbocycles. The monoisotopic (exact) mass is 199 g/mol. The summed E-state index contributed by atoms with van der Waals surface area (Å²) < 4.78 is 4.47. The minimum Gasteiger partial charge on any atom is -0.391 e. The Bertz CT molecular complexity index is 222. The molecule has 1 fully saturated rings. The predicted octanol–water partition coefficient (Wildman–Crippen LogP) is 0.806. The van der Waals surface area contributed by atoms with Crippen LogP contribution in [-0.2, 0) is 14.3 Å². The Morgan fingerprint density at radius 3 is 2.14 bits per heavy atom. The van der Waals surface area contributed by atoms with Crippen LogP contribution in [0.15, 0.2) is 0 Å². The highest BCUT2D eigenvalue weighted by Crippen LogP contribution is 2.16. The Labute approximate surface area is 84.2 Å². The van der Waals surface area contributed by atoms with E-state index >= 15 is 0 Å². The van der Waals surface area contributed by atoms with Crippen LogP contribution < -0.4 is 0 Å². The molecule has 0 radical (unpaired) electrons. The van der Waals surface area contributed by atoms with Crippen LogP contribution in [0.5, 0.6) is 0 Å². The van der Waals surface area contributed by atoms with Gasteiger partial charge in [0.1, 0.15) is 0 Å². The molecule has 1 atom stereocenters. The number of cyclic esters (lactones) is 2. The molecule has 0 aliphatic carbocycles. The number of hydrogen-bond donors (Lipinski definition) is 0. The lowest BCUT2D eigenvalue weighted by Crippen LogP contribution is -2.49. The van der Waals surface area contributed by atoms with E-state index in [1.54, 1.807) is 0 Å². The molecule has 0 amide bonds. The van der Waals surface area contributed by atoms with Gasteiger partial charge in [0.2, 0.25) is 0 Å². The van der Waals surface area contributed by atoms with E-state index in [-0.39, 0.29) is 19.1 Å². The standard InChI is InChI=1S/C10H17NO3/c1-4-8(7(2)3)11-5-9(12)14-10(13)6-11/h7-8H,4-6H2,1-3H3. The van der Waals surface area contributed by atoms with Gasteiger partial charge in [-0.05, 0) is 12.3 Å². The van der Waals surface area contributed by atoms with Gasteiger partial charge < -0.3 is 4.74 Å². The average molecular weight is 199 g/mol. The van der Waals surface area contributed by atoms with Crippen molar-refractivity contribution in [1.29, 1.82) is 0 Å². The third-order valence-electron chi connectivity index (χ3n) is 2.55. The molecule has 1 heterocycles. The fourth-order valence-electron chi connectivity index (χ4n) is 1.96. The number of hydrogen-bond acceptors (Lipinski definition) is 4. The maximum absolute atomic E-state index is 11.0. The zero-order valence-corrected chi connectivity index (χ0v) is 8.95. The van der Waals surface area contributed by atoms with Gasteiger partial charge in [0.05, 0.1) is 13.1 Å². The minimum atomic E-state index is -0.430. The van der Waals surface area contributed by atoms with Gasteiger partial charge in [-0.15, -0.1) is 0 Å². The molecule has 14 heavy (non-hydrogen) atoms. The highest BCUT2D eigenvalue weighted by atomic mass is 16.6. The van der Waals surface area contributed by atoms with Gasteiger partial charge in [-0.1, -0.05) is 20.8 Å². The van der Waals surface area contributed by atoms with Crippen LogP contribution in [0.1, 0.15) is 27.2 Å². The molecule has 0 spiro atoms. The van der Waals surface area contributed by atoms with E-state index in [0.29, 0.717) is 5.92 Å². The predicted molar refractivity (Wildman–Crippen MR) is 51.6 cm³/mol. The lowest BCUT2D eigenvalue weighted by atomic mass is 9.99. The van der Waals surface area contributed by atoms with Gasteiger partial charge in [-0.25, -0.2) is 0 Å². The smallest absolute Gasteiger partial charge is 0.327 e. The van der Waals surface area contributed by atoms with Crippen LogP contribution in [0.2, 0.25) is 0 Å². The van der Waals surface area contributed by atoms with E-state index in [4.69, 9.17) is 0 Å². The zero-order chi connectivity index (χ0) is 10.7. The molecule has 1 saturated heterocycles. The van der Waals surface area contributed by atoms with Crippen LogP contribution in [0.3, 0.4) is 0 Å². The van der Waals surface area contributed by atoms with Crippen molar-refractivity contribution >= 4 is 11.9 Å². The van der Waals surface area contributed by atoms with Crippen molar-refractivity contribution in [2.24, 2.45) is 5.92 Å².